The zero-order valence-electron chi connectivity index (χ0n) is 11.5. The molecule has 0 bridgehead atoms. The van der Waals surface area contributed by atoms with Gasteiger partial charge in [-0.15, -0.1) is 0 Å². The lowest BCUT2D eigenvalue weighted by Gasteiger charge is -2.03. The molecule has 0 radical (unpaired) electrons. The fraction of sp³-hybridized carbons (Fsp3) is 0.176. The highest BCUT2D eigenvalue weighted by atomic mass is 14.7. The number of aliphatic imine (C=N–C) groups is 1. The van der Waals surface area contributed by atoms with Crippen molar-refractivity contribution in [3.63, 3.8) is 0 Å². The van der Waals surface area contributed by atoms with Crippen LogP contribution < -0.4 is 0 Å². The average Bonchev–Trinajstić information content (AvgIpc) is 2.37. The van der Waals surface area contributed by atoms with Crippen molar-refractivity contribution in [1.29, 1.82) is 5.26 Å². The highest BCUT2D eigenvalue weighted by Gasteiger charge is 2.00. The third-order valence-corrected chi connectivity index (χ3v) is 2.42. The van der Waals surface area contributed by atoms with Crippen molar-refractivity contribution in [3.8, 4) is 6.07 Å². The van der Waals surface area contributed by atoms with Crippen LogP contribution in [0, 0.1) is 18.3 Å². The van der Waals surface area contributed by atoms with Gasteiger partial charge in [0.2, 0.25) is 0 Å². The molecule has 0 amide bonds. The second kappa shape index (κ2) is 7.13. The molecule has 0 unspecified atom stereocenters. The van der Waals surface area contributed by atoms with E-state index < -0.39 is 0 Å². The molecular formula is C17H18N2. The van der Waals surface area contributed by atoms with Gasteiger partial charge in [0.1, 0.15) is 0 Å². The minimum Gasteiger partial charge on any atom is -0.288 e. The molecule has 0 aliphatic heterocycles. The van der Waals surface area contributed by atoms with E-state index >= 15 is 0 Å². The molecule has 0 atom stereocenters. The summed E-state index contributed by atoms with van der Waals surface area (Å²) < 4.78 is 0. The summed E-state index contributed by atoms with van der Waals surface area (Å²) in [6.07, 6.45) is 3.52. The van der Waals surface area contributed by atoms with Crippen LogP contribution in [-0.4, -0.2) is 12.8 Å². The van der Waals surface area contributed by atoms with Crippen LogP contribution in [0.15, 0.2) is 59.6 Å². The van der Waals surface area contributed by atoms with Gasteiger partial charge in [-0.1, -0.05) is 48.6 Å². The zero-order valence-corrected chi connectivity index (χ0v) is 11.5. The number of rotatable bonds is 5. The highest BCUT2D eigenvalue weighted by molar-refractivity contribution is 6.10. The Morgan fingerprint density at radius 1 is 1.42 bits per heavy atom. The summed E-state index contributed by atoms with van der Waals surface area (Å²) in [5, 5.41) is 8.85. The van der Waals surface area contributed by atoms with Crippen molar-refractivity contribution < 1.29 is 0 Å². The molecule has 0 spiro atoms. The fourth-order valence-corrected chi connectivity index (χ4v) is 1.54. The first-order valence-corrected chi connectivity index (χ1v) is 6.05. The second-order valence-electron chi connectivity index (χ2n) is 4.53. The Bertz CT molecular complexity index is 584. The van der Waals surface area contributed by atoms with Crippen LogP contribution in [0.4, 0.5) is 0 Å². The van der Waals surface area contributed by atoms with Crippen molar-refractivity contribution in [2.24, 2.45) is 4.99 Å². The molecule has 0 saturated carbocycles. The third kappa shape index (κ3) is 5.18. The molecule has 2 nitrogen and oxygen atoms in total. The van der Waals surface area contributed by atoms with E-state index in [4.69, 9.17) is 5.26 Å². The zero-order chi connectivity index (χ0) is 14.3. The maximum absolute atomic E-state index is 8.85. The van der Waals surface area contributed by atoms with Crippen LogP contribution >= 0.6 is 0 Å². The molecular weight excluding hydrogens is 232 g/mol. The van der Waals surface area contributed by atoms with E-state index in [0.717, 1.165) is 16.7 Å². The van der Waals surface area contributed by atoms with Gasteiger partial charge in [-0.3, -0.25) is 4.99 Å². The molecule has 1 rings (SSSR count). The normalized spacial score (nSPS) is 11.3. The lowest BCUT2D eigenvalue weighted by atomic mass is 10.0. The molecule has 0 N–H and O–H groups in total. The van der Waals surface area contributed by atoms with E-state index in [-0.39, 0.29) is 0 Å². The predicted molar refractivity (Wildman–Crippen MR) is 82.1 cm³/mol. The fourth-order valence-electron chi connectivity index (χ4n) is 1.54. The maximum atomic E-state index is 8.85. The van der Waals surface area contributed by atoms with Gasteiger partial charge in [0, 0.05) is 17.4 Å². The third-order valence-electron chi connectivity index (χ3n) is 2.42. The Morgan fingerprint density at radius 3 is 2.74 bits per heavy atom. The molecule has 96 valence electrons. The van der Waals surface area contributed by atoms with Gasteiger partial charge in [0.15, 0.2) is 0 Å². The van der Waals surface area contributed by atoms with Gasteiger partial charge in [-0.25, -0.2) is 0 Å². The molecule has 1 aromatic rings. The topological polar surface area (TPSA) is 36.1 Å². The Balaban J connectivity index is 3.10. The number of hydrogen-bond acceptors (Lipinski definition) is 2. The van der Waals surface area contributed by atoms with Gasteiger partial charge in [0.05, 0.1) is 12.6 Å². The molecule has 0 fully saturated rings. The summed E-state index contributed by atoms with van der Waals surface area (Å²) in [5.74, 6) is 0. The average molecular weight is 250 g/mol. The van der Waals surface area contributed by atoms with Crippen LogP contribution in [0.25, 0.3) is 5.57 Å². The summed E-state index contributed by atoms with van der Waals surface area (Å²) in [6.45, 7) is 12.1. The summed E-state index contributed by atoms with van der Waals surface area (Å²) >= 11 is 0. The molecule has 2 heteroatoms. The van der Waals surface area contributed by atoms with Crippen LogP contribution in [0.1, 0.15) is 18.1 Å². The first-order valence-electron chi connectivity index (χ1n) is 6.05. The summed E-state index contributed by atoms with van der Waals surface area (Å²) in [6, 6.07) is 10.1. The second-order valence-corrected chi connectivity index (χ2v) is 4.53. The van der Waals surface area contributed by atoms with Gasteiger partial charge in [-0.05, 0) is 25.5 Å². The maximum Gasteiger partial charge on any atom is 0.0985 e. The first-order chi connectivity index (χ1) is 9.02. The minimum atomic E-state index is 0.415. The van der Waals surface area contributed by atoms with Gasteiger partial charge in [-0.2, -0.15) is 5.26 Å². The number of benzene rings is 1. The predicted octanol–water partition coefficient (Wildman–Crippen LogP) is 4.11. The van der Waals surface area contributed by atoms with E-state index in [0.29, 0.717) is 12.1 Å². The summed E-state index contributed by atoms with van der Waals surface area (Å²) in [7, 11) is 0. The van der Waals surface area contributed by atoms with Crippen LogP contribution in [-0.2, 0) is 0 Å². The number of allylic oxidation sites excluding steroid dienone is 3. The number of aryl methyl sites for hydroxylation is 1. The van der Waals surface area contributed by atoms with Gasteiger partial charge >= 0.3 is 0 Å². The standard InChI is InChI=1S/C17H18N2/c1-13(2)11-19-12-17(9-15(4)10-18)16-7-5-6-14(3)8-16/h5-9,12H,1,4,11H2,2-3H3/b17-9+,19-12?. The smallest absolute Gasteiger partial charge is 0.0985 e. The van der Waals surface area contributed by atoms with E-state index in [1.807, 2.05) is 38.1 Å². The van der Waals surface area contributed by atoms with Crippen molar-refractivity contribution >= 4 is 11.8 Å². The number of nitrogens with zero attached hydrogens (tertiary/aromatic N) is 2. The molecule has 19 heavy (non-hydrogen) atoms. The van der Waals surface area contributed by atoms with E-state index in [1.54, 1.807) is 12.3 Å². The molecule has 0 aliphatic carbocycles. The van der Waals surface area contributed by atoms with Crippen LogP contribution in [0.5, 0.6) is 0 Å². The van der Waals surface area contributed by atoms with Crippen LogP contribution in [0.3, 0.4) is 0 Å². The van der Waals surface area contributed by atoms with Crippen molar-refractivity contribution in [2.75, 3.05) is 6.54 Å². The van der Waals surface area contributed by atoms with Crippen molar-refractivity contribution in [3.05, 3.63) is 65.8 Å². The van der Waals surface area contributed by atoms with Gasteiger partial charge in [0.25, 0.3) is 0 Å². The highest BCUT2D eigenvalue weighted by Crippen LogP contribution is 2.16. The van der Waals surface area contributed by atoms with Crippen LogP contribution in [0.2, 0.25) is 0 Å². The quantitative estimate of drug-likeness (QED) is 0.335. The number of hydrogen-bond donors (Lipinski definition) is 0. The number of nitriles is 1. The molecule has 1 aromatic carbocycles. The Kier molecular flexibility index (Phi) is 5.50. The lowest BCUT2D eigenvalue weighted by Crippen LogP contribution is -1.90. The van der Waals surface area contributed by atoms with Crippen molar-refractivity contribution in [1.82, 2.24) is 0 Å². The SMILES string of the molecule is C=C(C#N)/C=C(\C=NCC(=C)C)c1cccc(C)c1. The lowest BCUT2D eigenvalue weighted by molar-refractivity contribution is 1.15. The van der Waals surface area contributed by atoms with E-state index in [2.05, 4.69) is 24.2 Å². The molecule has 0 heterocycles. The Hall–Kier alpha value is -2.40. The van der Waals surface area contributed by atoms with Gasteiger partial charge < -0.3 is 0 Å². The van der Waals surface area contributed by atoms with Crippen molar-refractivity contribution in [2.45, 2.75) is 13.8 Å². The Morgan fingerprint density at radius 2 is 2.16 bits per heavy atom. The molecule has 0 aromatic heterocycles. The monoisotopic (exact) mass is 250 g/mol. The first kappa shape index (κ1) is 14.7. The summed E-state index contributed by atoms with van der Waals surface area (Å²) in [4.78, 5) is 4.32. The van der Waals surface area contributed by atoms with E-state index in [9.17, 15) is 0 Å². The summed E-state index contributed by atoms with van der Waals surface area (Å²) in [5.41, 5.74) is 4.50. The minimum absolute atomic E-state index is 0.415. The molecule has 0 aliphatic rings. The largest absolute Gasteiger partial charge is 0.288 e. The molecule has 0 saturated heterocycles. The van der Waals surface area contributed by atoms with E-state index in [1.165, 1.54) is 5.56 Å². The Labute approximate surface area is 115 Å².